The zero-order chi connectivity index (χ0) is 19.1. The molecule has 0 heterocycles. The maximum Gasteiger partial charge on any atom is 0.337 e. The number of ether oxygens (including phenoxy) is 1. The van der Waals surface area contributed by atoms with Crippen LogP contribution in [0.15, 0.2) is 54.1 Å². The number of aromatic carboxylic acids is 1. The van der Waals surface area contributed by atoms with E-state index in [2.05, 4.69) is 10.1 Å². The number of anilines is 1. The molecule has 2 aromatic rings. The van der Waals surface area contributed by atoms with Crippen molar-refractivity contribution >= 4 is 29.6 Å². The van der Waals surface area contributed by atoms with Crippen molar-refractivity contribution < 1.29 is 24.2 Å². The van der Waals surface area contributed by atoms with Gasteiger partial charge < -0.3 is 15.2 Å². The monoisotopic (exact) mass is 350 g/mol. The van der Waals surface area contributed by atoms with Crippen LogP contribution in [0.4, 0.5) is 5.69 Å². The van der Waals surface area contributed by atoms with Crippen LogP contribution in [-0.2, 0) is 9.53 Å². The van der Waals surface area contributed by atoms with Crippen molar-refractivity contribution in [1.29, 1.82) is 5.26 Å². The molecule has 0 saturated carbocycles. The van der Waals surface area contributed by atoms with Gasteiger partial charge in [-0.25, -0.2) is 9.59 Å². The van der Waals surface area contributed by atoms with Crippen LogP contribution in [0.3, 0.4) is 0 Å². The lowest BCUT2D eigenvalue weighted by Crippen LogP contribution is -2.13. The Morgan fingerprint density at radius 1 is 1.04 bits per heavy atom. The Morgan fingerprint density at radius 3 is 2.12 bits per heavy atom. The van der Waals surface area contributed by atoms with E-state index in [1.54, 1.807) is 6.07 Å². The van der Waals surface area contributed by atoms with Gasteiger partial charge in [-0.2, -0.15) is 5.26 Å². The molecule has 2 rings (SSSR count). The van der Waals surface area contributed by atoms with Crippen LogP contribution in [0.2, 0.25) is 0 Å². The highest BCUT2D eigenvalue weighted by Gasteiger charge is 2.11. The van der Waals surface area contributed by atoms with Crippen LogP contribution in [0, 0.1) is 11.3 Å². The smallest absolute Gasteiger partial charge is 0.337 e. The fourth-order valence-electron chi connectivity index (χ4n) is 2.04. The summed E-state index contributed by atoms with van der Waals surface area (Å²) in [5, 5.41) is 20.6. The van der Waals surface area contributed by atoms with Crippen LogP contribution in [-0.4, -0.2) is 30.1 Å². The average molecular weight is 350 g/mol. The van der Waals surface area contributed by atoms with Crippen LogP contribution in [0.25, 0.3) is 6.08 Å². The number of hydrogen-bond acceptors (Lipinski definition) is 5. The Kier molecular flexibility index (Phi) is 5.85. The van der Waals surface area contributed by atoms with Crippen LogP contribution in [0.1, 0.15) is 26.3 Å². The van der Waals surface area contributed by atoms with Gasteiger partial charge in [0.2, 0.25) is 0 Å². The van der Waals surface area contributed by atoms with Gasteiger partial charge in [0.15, 0.2) is 0 Å². The Morgan fingerprint density at radius 2 is 1.62 bits per heavy atom. The van der Waals surface area contributed by atoms with Crippen molar-refractivity contribution in [1.82, 2.24) is 0 Å². The molecule has 0 fully saturated rings. The van der Waals surface area contributed by atoms with E-state index in [0.717, 1.165) is 0 Å². The highest BCUT2D eigenvalue weighted by molar-refractivity contribution is 6.09. The van der Waals surface area contributed by atoms with E-state index in [0.29, 0.717) is 16.8 Å². The minimum atomic E-state index is -1.06. The summed E-state index contributed by atoms with van der Waals surface area (Å²) in [5.74, 6) is -2.18. The molecule has 7 heteroatoms. The van der Waals surface area contributed by atoms with Gasteiger partial charge >= 0.3 is 11.9 Å². The first kappa shape index (κ1) is 18.4. The van der Waals surface area contributed by atoms with E-state index in [9.17, 15) is 19.6 Å². The Balaban J connectivity index is 2.14. The van der Waals surface area contributed by atoms with E-state index >= 15 is 0 Å². The summed E-state index contributed by atoms with van der Waals surface area (Å²) in [6.07, 6.45) is 1.35. The van der Waals surface area contributed by atoms with Gasteiger partial charge in [-0.1, -0.05) is 12.1 Å². The summed E-state index contributed by atoms with van der Waals surface area (Å²) in [4.78, 5) is 34.4. The van der Waals surface area contributed by atoms with Crippen molar-refractivity contribution in [3.8, 4) is 6.07 Å². The van der Waals surface area contributed by atoms with Gasteiger partial charge in [-0.05, 0) is 48.0 Å². The number of carbonyl (C=O) groups is 3. The maximum atomic E-state index is 12.2. The summed E-state index contributed by atoms with van der Waals surface area (Å²) >= 11 is 0. The first-order chi connectivity index (χ1) is 12.4. The number of esters is 1. The molecule has 26 heavy (non-hydrogen) atoms. The molecule has 0 aliphatic rings. The van der Waals surface area contributed by atoms with Crippen molar-refractivity contribution in [3.63, 3.8) is 0 Å². The Hall–Kier alpha value is -3.92. The minimum absolute atomic E-state index is 0.107. The normalized spacial score (nSPS) is 10.5. The molecule has 7 nitrogen and oxygen atoms in total. The first-order valence-corrected chi connectivity index (χ1v) is 7.39. The molecule has 0 aliphatic carbocycles. The fraction of sp³-hybridized carbons (Fsp3) is 0.0526. The van der Waals surface area contributed by atoms with Gasteiger partial charge in [0.25, 0.3) is 5.91 Å². The number of carbonyl (C=O) groups excluding carboxylic acids is 2. The fourth-order valence-corrected chi connectivity index (χ4v) is 2.04. The molecule has 0 radical (unpaired) electrons. The molecular weight excluding hydrogens is 336 g/mol. The molecule has 0 saturated heterocycles. The Bertz CT molecular complexity index is 906. The van der Waals surface area contributed by atoms with Gasteiger partial charge in [-0.3, -0.25) is 4.79 Å². The molecule has 130 valence electrons. The van der Waals surface area contributed by atoms with Crippen molar-refractivity contribution in [2.45, 2.75) is 0 Å². The number of rotatable bonds is 5. The van der Waals surface area contributed by atoms with E-state index < -0.39 is 17.8 Å². The number of carboxylic acid groups (broad SMARTS) is 1. The third kappa shape index (κ3) is 4.55. The predicted octanol–water partition coefficient (Wildman–Crippen LogP) is 2.72. The lowest BCUT2D eigenvalue weighted by Gasteiger charge is -2.05. The number of carboxylic acids is 1. The zero-order valence-corrected chi connectivity index (χ0v) is 13.7. The second-order valence-electron chi connectivity index (χ2n) is 5.12. The molecule has 0 aliphatic heterocycles. The predicted molar refractivity (Wildman–Crippen MR) is 93.4 cm³/mol. The largest absolute Gasteiger partial charge is 0.478 e. The standard InChI is InChI=1S/C19H14N2O5/c1-26-19(25)14-6-8-16(9-7-14)21-17(22)15(11-20)10-12-2-4-13(5-3-12)18(23)24/h2-10H,1H3,(H,21,22)(H,23,24)/b15-10-. The number of benzene rings is 2. The van der Waals surface area contributed by atoms with Crippen molar-refractivity contribution in [2.24, 2.45) is 0 Å². The van der Waals surface area contributed by atoms with Gasteiger partial charge in [0.05, 0.1) is 18.2 Å². The second-order valence-corrected chi connectivity index (χ2v) is 5.12. The molecule has 2 N–H and O–H groups in total. The number of nitrogens with zero attached hydrogens (tertiary/aromatic N) is 1. The van der Waals surface area contributed by atoms with E-state index in [-0.39, 0.29) is 11.1 Å². The second kappa shape index (κ2) is 8.26. The molecular formula is C19H14N2O5. The summed E-state index contributed by atoms with van der Waals surface area (Å²) in [7, 11) is 1.27. The highest BCUT2D eigenvalue weighted by Crippen LogP contribution is 2.14. The van der Waals surface area contributed by atoms with Crippen molar-refractivity contribution in [3.05, 3.63) is 70.8 Å². The summed E-state index contributed by atoms with van der Waals surface area (Å²) in [5.41, 5.74) is 1.22. The number of nitriles is 1. The number of hydrogen-bond donors (Lipinski definition) is 2. The van der Waals surface area contributed by atoms with Crippen LogP contribution in [0.5, 0.6) is 0 Å². The summed E-state index contributed by atoms with van der Waals surface area (Å²) in [6, 6.07) is 13.6. The zero-order valence-electron chi connectivity index (χ0n) is 13.7. The van der Waals surface area contributed by atoms with E-state index in [4.69, 9.17) is 5.11 Å². The van der Waals surface area contributed by atoms with E-state index in [1.807, 2.05) is 0 Å². The lowest BCUT2D eigenvalue weighted by molar-refractivity contribution is -0.112. The van der Waals surface area contributed by atoms with E-state index in [1.165, 1.54) is 61.7 Å². The molecule has 0 unspecified atom stereocenters. The van der Waals surface area contributed by atoms with Gasteiger partial charge in [0, 0.05) is 5.69 Å². The SMILES string of the molecule is COC(=O)c1ccc(NC(=O)/C(C#N)=C\c2ccc(C(=O)O)cc2)cc1. The molecule has 0 spiro atoms. The van der Waals surface area contributed by atoms with Gasteiger partial charge in [-0.15, -0.1) is 0 Å². The third-order valence-electron chi connectivity index (χ3n) is 3.40. The summed E-state index contributed by atoms with van der Waals surface area (Å²) < 4.78 is 4.59. The average Bonchev–Trinajstić information content (AvgIpc) is 2.66. The number of methoxy groups -OCH3 is 1. The number of nitrogens with one attached hydrogen (secondary N) is 1. The van der Waals surface area contributed by atoms with Crippen molar-refractivity contribution in [2.75, 3.05) is 12.4 Å². The molecule has 0 atom stereocenters. The molecule has 1 amide bonds. The lowest BCUT2D eigenvalue weighted by atomic mass is 10.1. The molecule has 0 bridgehead atoms. The maximum absolute atomic E-state index is 12.2. The Labute approximate surface area is 149 Å². The number of amides is 1. The quantitative estimate of drug-likeness (QED) is 0.486. The molecule has 0 aromatic heterocycles. The summed E-state index contributed by atoms with van der Waals surface area (Å²) in [6.45, 7) is 0. The van der Waals surface area contributed by atoms with Crippen LogP contribution < -0.4 is 5.32 Å². The highest BCUT2D eigenvalue weighted by atomic mass is 16.5. The van der Waals surface area contributed by atoms with Gasteiger partial charge in [0.1, 0.15) is 11.6 Å². The minimum Gasteiger partial charge on any atom is -0.478 e. The molecule has 2 aromatic carbocycles. The topological polar surface area (TPSA) is 116 Å². The first-order valence-electron chi connectivity index (χ1n) is 7.39. The third-order valence-corrected chi connectivity index (χ3v) is 3.40. The van der Waals surface area contributed by atoms with Crippen LogP contribution >= 0.6 is 0 Å².